The smallest absolute Gasteiger partial charge is 0.0658 e. The Morgan fingerprint density at radius 1 is 1.73 bits per heavy atom. The van der Waals surface area contributed by atoms with Crippen LogP contribution in [-0.2, 0) is 0 Å². The molecule has 0 radical (unpaired) electrons. The molecular formula is C9H15NS. The van der Waals surface area contributed by atoms with E-state index in [4.69, 9.17) is 5.26 Å². The van der Waals surface area contributed by atoms with E-state index in [0.717, 1.165) is 6.42 Å². The molecule has 1 aliphatic heterocycles. The summed E-state index contributed by atoms with van der Waals surface area (Å²) in [7, 11) is 0. The van der Waals surface area contributed by atoms with E-state index in [1.807, 2.05) is 11.8 Å². The Kier molecular flexibility index (Phi) is 3.79. The van der Waals surface area contributed by atoms with E-state index in [1.165, 1.54) is 24.3 Å². The summed E-state index contributed by atoms with van der Waals surface area (Å²) in [6.07, 6.45) is 3.62. The lowest BCUT2D eigenvalue weighted by Crippen LogP contribution is -2.18. The predicted octanol–water partition coefficient (Wildman–Crippen LogP) is 2.68. The molecule has 0 bridgehead atoms. The Balaban J connectivity index is 2.38. The molecule has 1 rings (SSSR count). The van der Waals surface area contributed by atoms with Crippen LogP contribution in [0.25, 0.3) is 0 Å². The third-order valence-electron chi connectivity index (χ3n) is 2.37. The molecule has 11 heavy (non-hydrogen) atoms. The molecule has 0 aromatic heterocycles. The molecule has 2 unspecified atom stereocenters. The fraction of sp³-hybridized carbons (Fsp3) is 0.889. The zero-order valence-electron chi connectivity index (χ0n) is 7.05. The fourth-order valence-corrected chi connectivity index (χ4v) is 2.85. The highest BCUT2D eigenvalue weighted by atomic mass is 32.2. The van der Waals surface area contributed by atoms with Gasteiger partial charge in [0.1, 0.15) is 0 Å². The lowest BCUT2D eigenvalue weighted by Gasteiger charge is -2.24. The SMILES string of the molecule is CCC(C#N)C1CCCSC1. The maximum atomic E-state index is 8.82. The molecule has 1 aliphatic rings. The van der Waals surface area contributed by atoms with Crippen molar-refractivity contribution in [1.29, 1.82) is 5.26 Å². The number of thioether (sulfide) groups is 1. The quantitative estimate of drug-likeness (QED) is 0.634. The number of hydrogen-bond acceptors (Lipinski definition) is 2. The first-order chi connectivity index (χ1) is 5.38. The molecule has 0 aliphatic carbocycles. The Hall–Kier alpha value is -0.160. The predicted molar refractivity (Wildman–Crippen MR) is 49.4 cm³/mol. The topological polar surface area (TPSA) is 23.8 Å². The van der Waals surface area contributed by atoms with Crippen LogP contribution < -0.4 is 0 Å². The van der Waals surface area contributed by atoms with Gasteiger partial charge in [0.15, 0.2) is 0 Å². The average molecular weight is 169 g/mol. The lowest BCUT2D eigenvalue weighted by atomic mass is 9.89. The summed E-state index contributed by atoms with van der Waals surface area (Å²) in [6.45, 7) is 2.12. The summed E-state index contributed by atoms with van der Waals surface area (Å²) < 4.78 is 0. The monoisotopic (exact) mass is 169 g/mol. The van der Waals surface area contributed by atoms with Crippen molar-refractivity contribution < 1.29 is 0 Å². The van der Waals surface area contributed by atoms with E-state index < -0.39 is 0 Å². The summed E-state index contributed by atoms with van der Waals surface area (Å²) in [5, 5.41) is 8.82. The van der Waals surface area contributed by atoms with Gasteiger partial charge in [-0.25, -0.2) is 0 Å². The molecule has 0 saturated carbocycles. The van der Waals surface area contributed by atoms with E-state index in [2.05, 4.69) is 13.0 Å². The summed E-state index contributed by atoms with van der Waals surface area (Å²) >= 11 is 2.01. The van der Waals surface area contributed by atoms with Crippen molar-refractivity contribution in [2.75, 3.05) is 11.5 Å². The molecule has 62 valence electrons. The zero-order chi connectivity index (χ0) is 8.10. The van der Waals surface area contributed by atoms with Crippen molar-refractivity contribution in [1.82, 2.24) is 0 Å². The van der Waals surface area contributed by atoms with Crippen LogP contribution in [0.3, 0.4) is 0 Å². The van der Waals surface area contributed by atoms with Crippen LogP contribution in [0.1, 0.15) is 26.2 Å². The van der Waals surface area contributed by atoms with Crippen LogP contribution in [0.15, 0.2) is 0 Å². The van der Waals surface area contributed by atoms with Gasteiger partial charge >= 0.3 is 0 Å². The van der Waals surface area contributed by atoms with E-state index in [-0.39, 0.29) is 0 Å². The molecule has 0 aromatic rings. The van der Waals surface area contributed by atoms with Gasteiger partial charge < -0.3 is 0 Å². The second kappa shape index (κ2) is 4.66. The van der Waals surface area contributed by atoms with Gasteiger partial charge in [-0.2, -0.15) is 17.0 Å². The number of nitrogens with zero attached hydrogens (tertiary/aromatic N) is 1. The zero-order valence-corrected chi connectivity index (χ0v) is 7.86. The first kappa shape index (κ1) is 8.93. The molecule has 1 saturated heterocycles. The molecule has 2 heteroatoms. The Bertz CT molecular complexity index is 144. The van der Waals surface area contributed by atoms with E-state index in [1.54, 1.807) is 0 Å². The maximum absolute atomic E-state index is 8.82. The molecule has 1 fully saturated rings. The van der Waals surface area contributed by atoms with Crippen LogP contribution in [0.4, 0.5) is 0 Å². The first-order valence-corrected chi connectivity index (χ1v) is 5.51. The summed E-state index contributed by atoms with van der Waals surface area (Å²) in [5.74, 6) is 3.52. The van der Waals surface area contributed by atoms with Crippen molar-refractivity contribution in [2.45, 2.75) is 26.2 Å². The minimum atomic E-state index is 0.322. The molecule has 0 N–H and O–H groups in total. The number of rotatable bonds is 2. The molecule has 1 nitrogen and oxygen atoms in total. The van der Waals surface area contributed by atoms with Gasteiger partial charge in [-0.3, -0.25) is 0 Å². The maximum Gasteiger partial charge on any atom is 0.0658 e. The van der Waals surface area contributed by atoms with Crippen LogP contribution in [-0.4, -0.2) is 11.5 Å². The second-order valence-electron chi connectivity index (χ2n) is 3.12. The van der Waals surface area contributed by atoms with Crippen molar-refractivity contribution >= 4 is 11.8 Å². The van der Waals surface area contributed by atoms with Crippen molar-refractivity contribution in [3.63, 3.8) is 0 Å². The molecular weight excluding hydrogens is 154 g/mol. The first-order valence-electron chi connectivity index (χ1n) is 4.35. The van der Waals surface area contributed by atoms with Crippen LogP contribution in [0.2, 0.25) is 0 Å². The fourth-order valence-electron chi connectivity index (χ4n) is 1.61. The third-order valence-corrected chi connectivity index (χ3v) is 3.61. The minimum Gasteiger partial charge on any atom is -0.198 e. The summed E-state index contributed by atoms with van der Waals surface area (Å²) in [5.41, 5.74) is 0. The highest BCUT2D eigenvalue weighted by Crippen LogP contribution is 2.29. The van der Waals surface area contributed by atoms with Gasteiger partial charge in [0.05, 0.1) is 6.07 Å². The average Bonchev–Trinajstić information content (AvgIpc) is 2.09. The summed E-state index contributed by atoms with van der Waals surface area (Å²) in [4.78, 5) is 0. The van der Waals surface area contributed by atoms with Crippen LogP contribution >= 0.6 is 11.8 Å². The van der Waals surface area contributed by atoms with Gasteiger partial charge in [-0.15, -0.1) is 0 Å². The Labute approximate surface area is 73.2 Å². The highest BCUT2D eigenvalue weighted by Gasteiger charge is 2.21. The van der Waals surface area contributed by atoms with Gasteiger partial charge in [-0.05, 0) is 36.7 Å². The number of hydrogen-bond donors (Lipinski definition) is 0. The van der Waals surface area contributed by atoms with E-state index in [9.17, 15) is 0 Å². The van der Waals surface area contributed by atoms with Gasteiger partial charge in [0.2, 0.25) is 0 Å². The van der Waals surface area contributed by atoms with Gasteiger partial charge in [0.25, 0.3) is 0 Å². The largest absolute Gasteiger partial charge is 0.198 e. The van der Waals surface area contributed by atoms with Crippen molar-refractivity contribution in [2.24, 2.45) is 11.8 Å². The van der Waals surface area contributed by atoms with Gasteiger partial charge in [-0.1, -0.05) is 6.92 Å². The third kappa shape index (κ3) is 2.41. The van der Waals surface area contributed by atoms with Crippen molar-refractivity contribution in [3.05, 3.63) is 0 Å². The van der Waals surface area contributed by atoms with Crippen molar-refractivity contribution in [3.8, 4) is 6.07 Å². The molecule has 1 heterocycles. The van der Waals surface area contributed by atoms with E-state index >= 15 is 0 Å². The standard InChI is InChI=1S/C9H15NS/c1-2-8(6-10)9-4-3-5-11-7-9/h8-9H,2-5,7H2,1H3. The van der Waals surface area contributed by atoms with Gasteiger partial charge in [0, 0.05) is 5.92 Å². The van der Waals surface area contributed by atoms with E-state index in [0.29, 0.717) is 11.8 Å². The Morgan fingerprint density at radius 3 is 3.00 bits per heavy atom. The lowest BCUT2D eigenvalue weighted by molar-refractivity contribution is 0.397. The summed E-state index contributed by atoms with van der Waals surface area (Å²) in [6, 6.07) is 2.41. The second-order valence-corrected chi connectivity index (χ2v) is 4.27. The number of nitriles is 1. The molecule has 0 aromatic carbocycles. The molecule has 0 amide bonds. The normalized spacial score (nSPS) is 27.5. The molecule has 2 atom stereocenters. The van der Waals surface area contributed by atoms with Crippen LogP contribution in [0.5, 0.6) is 0 Å². The molecule has 0 spiro atoms. The minimum absolute atomic E-state index is 0.322. The highest BCUT2D eigenvalue weighted by molar-refractivity contribution is 7.99. The Morgan fingerprint density at radius 2 is 2.55 bits per heavy atom. The van der Waals surface area contributed by atoms with Crippen LogP contribution in [0, 0.1) is 23.2 Å².